The lowest BCUT2D eigenvalue weighted by atomic mass is 10.4. The zero-order valence-corrected chi connectivity index (χ0v) is 11.1. The fraction of sp³-hybridized carbons (Fsp3) is 0.100. The van der Waals surface area contributed by atoms with E-state index in [1.807, 2.05) is 0 Å². The molecule has 0 atom stereocenters. The van der Waals surface area contributed by atoms with Crippen molar-refractivity contribution in [2.24, 2.45) is 0 Å². The Balaban J connectivity index is 1.83. The molecular formula is C10H7N5O2S2. The minimum absolute atomic E-state index is 0.100. The summed E-state index contributed by atoms with van der Waals surface area (Å²) in [6.45, 7) is -0.100. The fourth-order valence-corrected chi connectivity index (χ4v) is 2.73. The summed E-state index contributed by atoms with van der Waals surface area (Å²) in [5.41, 5.74) is 1.29. The lowest BCUT2D eigenvalue weighted by molar-refractivity contribution is -0.116. The number of hydrogen-bond donors (Lipinski definition) is 1. The molecule has 0 bridgehead atoms. The summed E-state index contributed by atoms with van der Waals surface area (Å²) in [6.07, 6.45) is 1.38. The average molecular weight is 293 g/mol. The highest BCUT2D eigenvalue weighted by Crippen LogP contribution is 2.13. The van der Waals surface area contributed by atoms with Gasteiger partial charge in [-0.2, -0.15) is 0 Å². The van der Waals surface area contributed by atoms with Crippen LogP contribution in [-0.4, -0.2) is 25.7 Å². The SMILES string of the molecule is O=C(Cn1cnc2sccc2c1=O)Nc1nncs1. The van der Waals surface area contributed by atoms with E-state index in [2.05, 4.69) is 20.5 Å². The molecule has 1 amide bonds. The van der Waals surface area contributed by atoms with Crippen molar-refractivity contribution in [1.82, 2.24) is 19.7 Å². The highest BCUT2D eigenvalue weighted by Gasteiger charge is 2.10. The van der Waals surface area contributed by atoms with Crippen LogP contribution >= 0.6 is 22.7 Å². The number of thiophene rings is 1. The van der Waals surface area contributed by atoms with Crippen LogP contribution in [0.25, 0.3) is 10.2 Å². The Morgan fingerprint density at radius 2 is 2.32 bits per heavy atom. The topological polar surface area (TPSA) is 89.8 Å². The van der Waals surface area contributed by atoms with Gasteiger partial charge >= 0.3 is 0 Å². The van der Waals surface area contributed by atoms with E-state index in [9.17, 15) is 9.59 Å². The van der Waals surface area contributed by atoms with Gasteiger partial charge in [-0.05, 0) is 11.4 Å². The largest absolute Gasteiger partial charge is 0.299 e. The molecule has 0 unspecified atom stereocenters. The van der Waals surface area contributed by atoms with E-state index in [0.29, 0.717) is 15.3 Å². The summed E-state index contributed by atoms with van der Waals surface area (Å²) in [5, 5.41) is 12.6. The van der Waals surface area contributed by atoms with Gasteiger partial charge in [0.2, 0.25) is 11.0 Å². The third-order valence-corrected chi connectivity index (χ3v) is 3.80. The molecule has 0 aliphatic rings. The molecule has 3 rings (SSSR count). The van der Waals surface area contributed by atoms with Crippen molar-refractivity contribution < 1.29 is 4.79 Å². The quantitative estimate of drug-likeness (QED) is 0.776. The molecule has 3 aromatic rings. The predicted octanol–water partition coefficient (Wildman–Crippen LogP) is 0.948. The second-order valence-corrected chi connectivity index (χ2v) is 5.34. The van der Waals surface area contributed by atoms with Gasteiger partial charge in [0.15, 0.2) is 0 Å². The Hall–Kier alpha value is -2.13. The third kappa shape index (κ3) is 2.37. The molecule has 0 saturated heterocycles. The van der Waals surface area contributed by atoms with Crippen molar-refractivity contribution in [1.29, 1.82) is 0 Å². The molecule has 7 nitrogen and oxygen atoms in total. The Morgan fingerprint density at radius 1 is 1.42 bits per heavy atom. The van der Waals surface area contributed by atoms with Crippen molar-refractivity contribution in [3.63, 3.8) is 0 Å². The van der Waals surface area contributed by atoms with Crippen molar-refractivity contribution in [2.75, 3.05) is 5.32 Å². The van der Waals surface area contributed by atoms with Gasteiger partial charge in [0, 0.05) is 0 Å². The number of aromatic nitrogens is 4. The number of carbonyl (C=O) groups excluding carboxylic acids is 1. The molecule has 0 saturated carbocycles. The van der Waals surface area contributed by atoms with Gasteiger partial charge in [-0.15, -0.1) is 21.5 Å². The number of anilines is 1. The summed E-state index contributed by atoms with van der Waals surface area (Å²) in [6, 6.07) is 1.70. The first-order valence-electron chi connectivity index (χ1n) is 5.23. The van der Waals surface area contributed by atoms with E-state index in [-0.39, 0.29) is 18.0 Å². The monoisotopic (exact) mass is 293 g/mol. The van der Waals surface area contributed by atoms with Gasteiger partial charge in [-0.3, -0.25) is 19.5 Å². The standard InChI is InChI=1S/C10H7N5O2S2/c16-7(13-10-14-12-5-19-10)3-15-4-11-8-6(9(15)17)1-2-18-8/h1-2,4-5H,3H2,(H,13,14,16). The highest BCUT2D eigenvalue weighted by molar-refractivity contribution is 7.16. The number of fused-ring (bicyclic) bond motifs is 1. The van der Waals surface area contributed by atoms with Gasteiger partial charge in [0.1, 0.15) is 16.9 Å². The van der Waals surface area contributed by atoms with E-state index in [1.54, 1.807) is 11.4 Å². The van der Waals surface area contributed by atoms with E-state index in [4.69, 9.17) is 0 Å². The lowest BCUT2D eigenvalue weighted by Crippen LogP contribution is -2.27. The van der Waals surface area contributed by atoms with E-state index >= 15 is 0 Å². The smallest absolute Gasteiger partial charge is 0.262 e. The highest BCUT2D eigenvalue weighted by atomic mass is 32.1. The Kier molecular flexibility index (Phi) is 3.05. The van der Waals surface area contributed by atoms with Gasteiger partial charge in [-0.1, -0.05) is 11.3 Å². The maximum atomic E-state index is 12.1. The number of nitrogens with zero attached hydrogens (tertiary/aromatic N) is 4. The van der Waals surface area contributed by atoms with Crippen molar-refractivity contribution >= 4 is 43.9 Å². The molecule has 0 aromatic carbocycles. The maximum absolute atomic E-state index is 12.1. The van der Waals surface area contributed by atoms with Crippen molar-refractivity contribution in [2.45, 2.75) is 6.54 Å². The number of amides is 1. The van der Waals surface area contributed by atoms with E-state index in [1.165, 1.54) is 39.1 Å². The maximum Gasteiger partial charge on any atom is 0.262 e. The molecule has 0 radical (unpaired) electrons. The minimum atomic E-state index is -0.338. The zero-order chi connectivity index (χ0) is 13.2. The number of nitrogens with one attached hydrogen (secondary N) is 1. The van der Waals surface area contributed by atoms with Crippen LogP contribution in [0.15, 0.2) is 28.1 Å². The Bertz CT molecular complexity index is 777. The summed E-state index contributed by atoms with van der Waals surface area (Å²) in [4.78, 5) is 28.6. The van der Waals surface area contributed by atoms with E-state index < -0.39 is 0 Å². The fourth-order valence-electron chi connectivity index (χ4n) is 1.55. The van der Waals surface area contributed by atoms with Crippen LogP contribution in [-0.2, 0) is 11.3 Å². The molecule has 0 fully saturated rings. The van der Waals surface area contributed by atoms with E-state index in [0.717, 1.165) is 0 Å². The van der Waals surface area contributed by atoms with Crippen LogP contribution in [0.4, 0.5) is 5.13 Å². The summed E-state index contributed by atoms with van der Waals surface area (Å²) in [5.74, 6) is -0.338. The molecule has 3 aromatic heterocycles. The second kappa shape index (κ2) is 4.86. The van der Waals surface area contributed by atoms with Gasteiger partial charge in [-0.25, -0.2) is 4.98 Å². The predicted molar refractivity (Wildman–Crippen MR) is 72.4 cm³/mol. The molecule has 0 spiro atoms. The van der Waals surface area contributed by atoms with Gasteiger partial charge < -0.3 is 0 Å². The first kappa shape index (κ1) is 11.9. The average Bonchev–Trinajstić information content (AvgIpc) is 3.03. The zero-order valence-electron chi connectivity index (χ0n) is 9.44. The molecule has 3 heterocycles. The molecular weight excluding hydrogens is 286 g/mol. The van der Waals surface area contributed by atoms with Crippen molar-refractivity contribution in [3.05, 3.63) is 33.6 Å². The Morgan fingerprint density at radius 3 is 3.11 bits per heavy atom. The van der Waals surface area contributed by atoms with Crippen LogP contribution in [0.3, 0.4) is 0 Å². The first-order valence-corrected chi connectivity index (χ1v) is 6.98. The summed E-state index contributed by atoms with van der Waals surface area (Å²) in [7, 11) is 0. The summed E-state index contributed by atoms with van der Waals surface area (Å²) >= 11 is 2.61. The number of rotatable bonds is 3. The van der Waals surface area contributed by atoms with Crippen LogP contribution in [0.5, 0.6) is 0 Å². The number of carbonyl (C=O) groups is 1. The van der Waals surface area contributed by atoms with Crippen LogP contribution < -0.4 is 10.9 Å². The normalized spacial score (nSPS) is 10.7. The van der Waals surface area contributed by atoms with Crippen molar-refractivity contribution in [3.8, 4) is 0 Å². The minimum Gasteiger partial charge on any atom is -0.299 e. The molecule has 1 N–H and O–H groups in total. The molecule has 19 heavy (non-hydrogen) atoms. The van der Waals surface area contributed by atoms with Crippen LogP contribution in [0, 0.1) is 0 Å². The van der Waals surface area contributed by atoms with Crippen LogP contribution in [0.1, 0.15) is 0 Å². The lowest BCUT2D eigenvalue weighted by Gasteiger charge is -2.04. The van der Waals surface area contributed by atoms with Crippen LogP contribution in [0.2, 0.25) is 0 Å². The molecule has 96 valence electrons. The Labute approximate surface area is 114 Å². The molecule has 0 aliphatic heterocycles. The number of hydrogen-bond acceptors (Lipinski definition) is 7. The molecule has 9 heteroatoms. The second-order valence-electron chi connectivity index (χ2n) is 3.61. The van der Waals surface area contributed by atoms with Gasteiger partial charge in [0.05, 0.1) is 11.7 Å². The third-order valence-electron chi connectivity index (χ3n) is 2.37. The summed E-state index contributed by atoms with van der Waals surface area (Å²) < 4.78 is 1.27. The first-order chi connectivity index (χ1) is 9.24. The molecule has 0 aliphatic carbocycles. The van der Waals surface area contributed by atoms with Gasteiger partial charge in [0.25, 0.3) is 5.56 Å².